The molecule has 0 atom stereocenters. The number of amides is 1. The first-order chi connectivity index (χ1) is 15.2. The number of nitrogens with zero attached hydrogens (tertiary/aromatic N) is 3. The van der Waals surface area contributed by atoms with Crippen LogP contribution in [0.5, 0.6) is 0 Å². The Morgan fingerprint density at radius 1 is 1.19 bits per heavy atom. The molecule has 0 saturated carbocycles. The van der Waals surface area contributed by atoms with Crippen molar-refractivity contribution in [2.24, 2.45) is 0 Å². The number of benzene rings is 2. The van der Waals surface area contributed by atoms with Gasteiger partial charge in [-0.3, -0.25) is 14.6 Å². The van der Waals surface area contributed by atoms with Crippen LogP contribution in [0.1, 0.15) is 17.3 Å². The summed E-state index contributed by atoms with van der Waals surface area (Å²) in [5, 5.41) is 0.764. The third-order valence-corrected chi connectivity index (χ3v) is 7.84. The average molecular weight is 510 g/mol. The summed E-state index contributed by atoms with van der Waals surface area (Å²) in [5.74, 6) is 0.990. The highest BCUT2D eigenvalue weighted by molar-refractivity contribution is 7.99. The van der Waals surface area contributed by atoms with Crippen LogP contribution < -0.4 is 4.90 Å². The number of halogens is 1. The van der Waals surface area contributed by atoms with Gasteiger partial charge < -0.3 is 4.74 Å². The lowest BCUT2D eigenvalue weighted by atomic mass is 10.2. The molecule has 0 aliphatic carbocycles. The van der Waals surface area contributed by atoms with E-state index >= 15 is 0 Å². The number of carbonyl (C=O) groups excluding carboxylic acids is 1. The summed E-state index contributed by atoms with van der Waals surface area (Å²) in [4.78, 5) is 25.0. The molecule has 5 nitrogen and oxygen atoms in total. The van der Waals surface area contributed by atoms with E-state index in [0.29, 0.717) is 12.1 Å². The summed E-state index contributed by atoms with van der Waals surface area (Å²) in [6, 6.07) is 14.2. The van der Waals surface area contributed by atoms with Crippen LogP contribution in [0, 0.1) is 0 Å². The lowest BCUT2D eigenvalue weighted by Gasteiger charge is -2.29. The molecule has 2 aromatic carbocycles. The zero-order valence-corrected chi connectivity index (χ0v) is 21.5. The molecule has 1 aliphatic heterocycles. The van der Waals surface area contributed by atoms with Gasteiger partial charge in [-0.05, 0) is 48.4 Å². The van der Waals surface area contributed by atoms with Crippen molar-refractivity contribution in [3.05, 3.63) is 48.0 Å². The Morgan fingerprint density at radius 3 is 2.75 bits per heavy atom. The van der Waals surface area contributed by atoms with Crippen molar-refractivity contribution < 1.29 is 9.53 Å². The lowest BCUT2D eigenvalue weighted by Crippen LogP contribution is -2.43. The first-order valence-corrected chi connectivity index (χ1v) is 13.5. The van der Waals surface area contributed by atoms with Crippen LogP contribution in [0.25, 0.3) is 10.2 Å². The van der Waals surface area contributed by atoms with Crippen LogP contribution in [-0.2, 0) is 4.74 Å². The number of aromatic nitrogens is 1. The maximum absolute atomic E-state index is 13.6. The number of anilines is 1. The van der Waals surface area contributed by atoms with Crippen LogP contribution in [0.3, 0.4) is 0 Å². The van der Waals surface area contributed by atoms with E-state index in [9.17, 15) is 4.79 Å². The molecule has 1 fully saturated rings. The largest absolute Gasteiger partial charge is 0.379 e. The predicted octanol–water partition coefficient (Wildman–Crippen LogP) is 5.53. The standard InChI is InChI=1S/C23H27N3O2S3.ClH/c1-3-30-19-6-4-5-17(15-19)22(27)26(10-9-25-11-13-28-14-12-25)23-24-20-8-7-18(29-2)16-21(20)31-23;/h4-8,15-16H,3,9-14H2,1-2H3;1H. The second-order valence-electron chi connectivity index (χ2n) is 7.20. The van der Waals surface area contributed by atoms with Gasteiger partial charge in [0.05, 0.1) is 23.4 Å². The summed E-state index contributed by atoms with van der Waals surface area (Å²) < 4.78 is 6.58. The van der Waals surface area contributed by atoms with Gasteiger partial charge in [0, 0.05) is 41.5 Å². The fourth-order valence-electron chi connectivity index (χ4n) is 3.53. The summed E-state index contributed by atoms with van der Waals surface area (Å²) in [6.07, 6.45) is 2.07. The monoisotopic (exact) mass is 509 g/mol. The zero-order chi connectivity index (χ0) is 21.6. The number of thiazole rings is 1. The van der Waals surface area contributed by atoms with Crippen LogP contribution in [0.4, 0.5) is 5.13 Å². The number of carbonyl (C=O) groups is 1. The van der Waals surface area contributed by atoms with Gasteiger partial charge in [0.2, 0.25) is 0 Å². The van der Waals surface area contributed by atoms with Crippen LogP contribution in [0.15, 0.2) is 52.3 Å². The first-order valence-electron chi connectivity index (χ1n) is 10.5. The van der Waals surface area contributed by atoms with E-state index in [4.69, 9.17) is 9.72 Å². The highest BCUT2D eigenvalue weighted by Crippen LogP contribution is 2.32. The van der Waals surface area contributed by atoms with E-state index in [1.165, 1.54) is 4.90 Å². The molecular formula is C23H28ClN3O2S3. The molecule has 32 heavy (non-hydrogen) atoms. The number of hydrogen-bond acceptors (Lipinski definition) is 7. The minimum atomic E-state index is 0. The first kappa shape index (κ1) is 25.3. The Bertz CT molecular complexity index is 1040. The van der Waals surface area contributed by atoms with E-state index in [1.54, 1.807) is 34.9 Å². The number of fused-ring (bicyclic) bond motifs is 1. The topological polar surface area (TPSA) is 45.7 Å². The highest BCUT2D eigenvalue weighted by Gasteiger charge is 2.23. The SMILES string of the molecule is CCSc1cccc(C(=O)N(CCN2CCOCC2)c2nc3ccc(SC)cc3s2)c1.Cl. The number of rotatable bonds is 8. The number of ether oxygens (including phenoxy) is 1. The highest BCUT2D eigenvalue weighted by atomic mass is 35.5. The molecule has 0 bridgehead atoms. The van der Waals surface area contributed by atoms with Gasteiger partial charge in [-0.25, -0.2) is 4.98 Å². The molecule has 1 amide bonds. The van der Waals surface area contributed by atoms with Crippen molar-refractivity contribution in [2.45, 2.75) is 16.7 Å². The second-order valence-corrected chi connectivity index (χ2v) is 10.4. The molecule has 1 aliphatic rings. The maximum atomic E-state index is 13.6. The third-order valence-electron chi connectivity index (χ3n) is 5.20. The third kappa shape index (κ3) is 6.18. The summed E-state index contributed by atoms with van der Waals surface area (Å²) in [7, 11) is 0. The maximum Gasteiger partial charge on any atom is 0.260 e. The number of thioether (sulfide) groups is 2. The van der Waals surface area contributed by atoms with E-state index in [2.05, 4.69) is 36.3 Å². The molecule has 2 heterocycles. The van der Waals surface area contributed by atoms with Crippen molar-refractivity contribution in [1.29, 1.82) is 0 Å². The second kappa shape index (κ2) is 12.3. The van der Waals surface area contributed by atoms with Crippen molar-refractivity contribution >= 4 is 68.5 Å². The van der Waals surface area contributed by atoms with E-state index in [-0.39, 0.29) is 18.3 Å². The Hall–Kier alpha value is -1.29. The molecule has 3 aromatic rings. The molecule has 0 radical (unpaired) electrons. The minimum absolute atomic E-state index is 0. The minimum Gasteiger partial charge on any atom is -0.379 e. The zero-order valence-electron chi connectivity index (χ0n) is 18.3. The van der Waals surface area contributed by atoms with Gasteiger partial charge in [-0.15, -0.1) is 35.9 Å². The molecule has 4 rings (SSSR count). The molecule has 1 aromatic heterocycles. The van der Waals surface area contributed by atoms with Crippen LogP contribution in [0.2, 0.25) is 0 Å². The van der Waals surface area contributed by atoms with E-state index < -0.39 is 0 Å². The fourth-order valence-corrected chi connectivity index (χ4v) is 5.79. The van der Waals surface area contributed by atoms with Crippen LogP contribution in [-0.4, -0.2) is 67.2 Å². The number of morpholine rings is 1. The number of hydrogen-bond donors (Lipinski definition) is 0. The molecule has 0 N–H and O–H groups in total. The van der Waals surface area contributed by atoms with Crippen molar-refractivity contribution in [2.75, 3.05) is 56.3 Å². The smallest absolute Gasteiger partial charge is 0.260 e. The Kier molecular flexibility index (Phi) is 9.70. The van der Waals surface area contributed by atoms with Gasteiger partial charge in [-0.2, -0.15) is 0 Å². The summed E-state index contributed by atoms with van der Waals surface area (Å²) >= 11 is 5.06. The normalized spacial score (nSPS) is 14.3. The Labute approximate surface area is 208 Å². The summed E-state index contributed by atoms with van der Waals surface area (Å²) in [6.45, 7) is 6.86. The van der Waals surface area contributed by atoms with Gasteiger partial charge in [0.15, 0.2) is 5.13 Å². The van der Waals surface area contributed by atoms with E-state index in [0.717, 1.165) is 58.8 Å². The van der Waals surface area contributed by atoms with Gasteiger partial charge in [0.25, 0.3) is 5.91 Å². The molecule has 1 saturated heterocycles. The average Bonchev–Trinajstić information content (AvgIpc) is 3.23. The molecule has 0 spiro atoms. The Morgan fingerprint density at radius 2 is 2.00 bits per heavy atom. The van der Waals surface area contributed by atoms with Crippen molar-refractivity contribution in [3.8, 4) is 0 Å². The fraction of sp³-hybridized carbons (Fsp3) is 0.391. The molecular weight excluding hydrogens is 482 g/mol. The van der Waals surface area contributed by atoms with Crippen molar-refractivity contribution in [3.63, 3.8) is 0 Å². The van der Waals surface area contributed by atoms with Crippen molar-refractivity contribution in [1.82, 2.24) is 9.88 Å². The van der Waals surface area contributed by atoms with Crippen LogP contribution >= 0.6 is 47.3 Å². The molecule has 172 valence electrons. The van der Waals surface area contributed by atoms with Gasteiger partial charge in [-0.1, -0.05) is 24.3 Å². The summed E-state index contributed by atoms with van der Waals surface area (Å²) in [5.41, 5.74) is 1.65. The van der Waals surface area contributed by atoms with E-state index in [1.807, 2.05) is 29.2 Å². The molecule has 0 unspecified atom stereocenters. The van der Waals surface area contributed by atoms with Gasteiger partial charge >= 0.3 is 0 Å². The van der Waals surface area contributed by atoms with Gasteiger partial charge in [0.1, 0.15) is 0 Å². The molecule has 9 heteroatoms. The lowest BCUT2D eigenvalue weighted by molar-refractivity contribution is 0.0391. The predicted molar refractivity (Wildman–Crippen MR) is 140 cm³/mol. The Balaban J connectivity index is 0.00000289. The quantitative estimate of drug-likeness (QED) is 0.372.